The first kappa shape index (κ1) is 26.6. The Morgan fingerprint density at radius 3 is 1.00 bits per heavy atom. The van der Waals surface area contributed by atoms with Gasteiger partial charge in [0.25, 0.3) is 0 Å². The number of aryl methyl sites for hydroxylation is 2. The summed E-state index contributed by atoms with van der Waals surface area (Å²) >= 11 is 0. The van der Waals surface area contributed by atoms with Gasteiger partial charge in [0.1, 0.15) is 13.1 Å². The summed E-state index contributed by atoms with van der Waals surface area (Å²) in [5.41, 5.74) is 2.63. The van der Waals surface area contributed by atoms with E-state index in [-0.39, 0.29) is 0 Å². The fraction of sp³-hybridized carbons (Fsp3) is 0.667. The van der Waals surface area contributed by atoms with Gasteiger partial charge in [0, 0.05) is 37.1 Å². The van der Waals surface area contributed by atoms with Crippen LogP contribution < -0.4 is 9.13 Å². The lowest BCUT2D eigenvalue weighted by Gasteiger charge is -2.03. The third-order valence-corrected chi connectivity index (χ3v) is 6.66. The van der Waals surface area contributed by atoms with Crippen molar-refractivity contribution in [2.45, 2.75) is 130 Å². The van der Waals surface area contributed by atoms with E-state index in [0.717, 1.165) is 13.1 Å². The van der Waals surface area contributed by atoms with Crippen molar-refractivity contribution < 1.29 is 9.13 Å². The molecule has 0 aliphatic heterocycles. The molecule has 2 aromatic rings. The zero-order valence-electron chi connectivity index (χ0n) is 21.2. The van der Waals surface area contributed by atoms with Gasteiger partial charge in [-0.3, -0.25) is 0 Å². The molecular weight excluding hydrogens is 388 g/mol. The summed E-state index contributed by atoms with van der Waals surface area (Å²) < 4.78 is 4.68. The van der Waals surface area contributed by atoms with Crippen LogP contribution in [0.5, 0.6) is 0 Å². The van der Waals surface area contributed by atoms with E-state index in [1.165, 1.54) is 114 Å². The molecule has 0 atom stereocenters. The molecule has 0 fully saturated rings. The van der Waals surface area contributed by atoms with Gasteiger partial charge in [-0.2, -0.15) is 0 Å². The lowest BCUT2D eigenvalue weighted by atomic mass is 10.1. The van der Waals surface area contributed by atoms with Gasteiger partial charge in [-0.1, -0.05) is 90.9 Å². The summed E-state index contributed by atoms with van der Waals surface area (Å²) in [6.45, 7) is 6.86. The molecule has 0 N–H and O–H groups in total. The maximum atomic E-state index is 2.34. The molecule has 2 rings (SSSR count). The van der Waals surface area contributed by atoms with Crippen molar-refractivity contribution >= 4 is 0 Å². The van der Waals surface area contributed by atoms with Crippen LogP contribution in [0, 0.1) is 0 Å². The van der Waals surface area contributed by atoms with E-state index in [1.54, 1.807) is 0 Å². The van der Waals surface area contributed by atoms with Crippen molar-refractivity contribution in [3.63, 3.8) is 0 Å². The number of hydrogen-bond donors (Lipinski definition) is 0. The van der Waals surface area contributed by atoms with Crippen LogP contribution in [0.2, 0.25) is 0 Å². The second-order valence-corrected chi connectivity index (χ2v) is 9.60. The lowest BCUT2D eigenvalue weighted by molar-refractivity contribution is -0.697. The summed E-state index contributed by atoms with van der Waals surface area (Å²) in [6.07, 6.45) is 31.1. The smallest absolute Gasteiger partial charge is 0.169 e. The summed E-state index contributed by atoms with van der Waals surface area (Å²) in [7, 11) is 0. The highest BCUT2D eigenvalue weighted by Crippen LogP contribution is 2.16. The molecule has 2 heteroatoms. The monoisotopic (exact) mass is 438 g/mol. The highest BCUT2D eigenvalue weighted by molar-refractivity contribution is 5.60. The topological polar surface area (TPSA) is 7.76 Å². The van der Waals surface area contributed by atoms with Gasteiger partial charge < -0.3 is 0 Å². The predicted octanol–water partition coefficient (Wildman–Crippen LogP) is 8.21. The van der Waals surface area contributed by atoms with E-state index in [9.17, 15) is 0 Å². The standard InChI is InChI=1S/C30H50N2/c1-3-5-7-9-11-13-15-17-23-31-25-19-29(20-26-31)30-21-27-32(28-22-30)24-18-16-14-12-10-8-6-4-2/h19-22,25-28H,3-18,23-24H2,1-2H3/q+2. The summed E-state index contributed by atoms with van der Waals surface area (Å²) in [5, 5.41) is 0. The Balaban J connectivity index is 1.61. The number of nitrogens with zero attached hydrogens (tertiary/aromatic N) is 2. The fourth-order valence-electron chi connectivity index (χ4n) is 4.45. The van der Waals surface area contributed by atoms with Crippen LogP contribution in [-0.4, -0.2) is 0 Å². The summed E-state index contributed by atoms with van der Waals surface area (Å²) in [4.78, 5) is 0. The first-order valence-electron chi connectivity index (χ1n) is 13.8. The Bertz CT molecular complexity index is 613. The number of unbranched alkanes of at least 4 members (excludes halogenated alkanes) is 14. The third-order valence-electron chi connectivity index (χ3n) is 6.66. The van der Waals surface area contributed by atoms with Gasteiger partial charge in [-0.15, -0.1) is 0 Å². The van der Waals surface area contributed by atoms with E-state index >= 15 is 0 Å². The van der Waals surface area contributed by atoms with Gasteiger partial charge in [0.05, 0.1) is 0 Å². The van der Waals surface area contributed by atoms with Crippen LogP contribution in [0.15, 0.2) is 49.1 Å². The molecule has 0 amide bonds. The van der Waals surface area contributed by atoms with E-state index in [2.05, 4.69) is 72.0 Å². The lowest BCUT2D eigenvalue weighted by Crippen LogP contribution is -2.33. The van der Waals surface area contributed by atoms with Crippen LogP contribution in [0.1, 0.15) is 117 Å². The molecular formula is C30H50N2+2. The van der Waals surface area contributed by atoms with Gasteiger partial charge in [-0.05, 0) is 24.0 Å². The summed E-state index contributed by atoms with van der Waals surface area (Å²) in [6, 6.07) is 9.07. The molecule has 0 aromatic carbocycles. The molecule has 32 heavy (non-hydrogen) atoms. The molecule has 0 aliphatic rings. The largest absolute Gasteiger partial charge is 0.205 e. The molecule has 178 valence electrons. The quantitative estimate of drug-likeness (QED) is 0.154. The Morgan fingerprint density at radius 2 is 0.688 bits per heavy atom. The maximum absolute atomic E-state index is 2.34. The molecule has 2 aromatic heterocycles. The second kappa shape index (κ2) is 17.8. The first-order chi connectivity index (χ1) is 15.8. The Kier molecular flexibility index (Phi) is 14.8. The van der Waals surface area contributed by atoms with E-state index in [0.29, 0.717) is 0 Å². The van der Waals surface area contributed by atoms with E-state index in [1.807, 2.05) is 0 Å². The van der Waals surface area contributed by atoms with Crippen molar-refractivity contribution in [2.24, 2.45) is 0 Å². The number of aromatic nitrogens is 2. The third kappa shape index (κ3) is 11.8. The minimum absolute atomic E-state index is 1.14. The molecule has 2 nitrogen and oxygen atoms in total. The Hall–Kier alpha value is -1.70. The average Bonchev–Trinajstić information content (AvgIpc) is 2.83. The van der Waals surface area contributed by atoms with Gasteiger partial charge in [-0.25, -0.2) is 9.13 Å². The van der Waals surface area contributed by atoms with Crippen LogP contribution >= 0.6 is 0 Å². The average molecular weight is 439 g/mol. The molecule has 0 aliphatic carbocycles. The molecule has 0 saturated carbocycles. The number of pyridine rings is 2. The minimum Gasteiger partial charge on any atom is -0.205 e. The number of rotatable bonds is 19. The van der Waals surface area contributed by atoms with Crippen LogP contribution in [-0.2, 0) is 13.1 Å². The molecule has 0 bridgehead atoms. The summed E-state index contributed by atoms with van der Waals surface area (Å²) in [5.74, 6) is 0. The molecule has 0 spiro atoms. The van der Waals surface area contributed by atoms with Gasteiger partial charge in [0.15, 0.2) is 24.8 Å². The maximum Gasteiger partial charge on any atom is 0.169 e. The molecule has 0 unspecified atom stereocenters. The van der Waals surface area contributed by atoms with Crippen molar-refractivity contribution in [3.8, 4) is 11.1 Å². The highest BCUT2D eigenvalue weighted by Gasteiger charge is 2.06. The van der Waals surface area contributed by atoms with Crippen molar-refractivity contribution in [3.05, 3.63) is 49.1 Å². The zero-order valence-corrected chi connectivity index (χ0v) is 21.2. The van der Waals surface area contributed by atoms with Crippen LogP contribution in [0.4, 0.5) is 0 Å². The van der Waals surface area contributed by atoms with Crippen molar-refractivity contribution in [2.75, 3.05) is 0 Å². The van der Waals surface area contributed by atoms with Crippen LogP contribution in [0.25, 0.3) is 11.1 Å². The van der Waals surface area contributed by atoms with Gasteiger partial charge >= 0.3 is 0 Å². The molecule has 0 radical (unpaired) electrons. The first-order valence-corrected chi connectivity index (χ1v) is 13.8. The van der Waals surface area contributed by atoms with E-state index in [4.69, 9.17) is 0 Å². The van der Waals surface area contributed by atoms with E-state index < -0.39 is 0 Å². The zero-order chi connectivity index (χ0) is 22.7. The van der Waals surface area contributed by atoms with Gasteiger partial charge in [0.2, 0.25) is 0 Å². The number of hydrogen-bond acceptors (Lipinski definition) is 0. The van der Waals surface area contributed by atoms with Crippen LogP contribution in [0.3, 0.4) is 0 Å². The fourth-order valence-corrected chi connectivity index (χ4v) is 4.45. The molecule has 2 heterocycles. The second-order valence-electron chi connectivity index (χ2n) is 9.60. The highest BCUT2D eigenvalue weighted by atomic mass is 14.9. The Morgan fingerprint density at radius 1 is 0.406 bits per heavy atom. The van der Waals surface area contributed by atoms with Crippen molar-refractivity contribution in [1.82, 2.24) is 0 Å². The Labute approximate surface area is 199 Å². The normalized spacial score (nSPS) is 11.2. The van der Waals surface area contributed by atoms with Crippen molar-refractivity contribution in [1.29, 1.82) is 0 Å². The minimum atomic E-state index is 1.14. The molecule has 0 saturated heterocycles. The predicted molar refractivity (Wildman–Crippen MR) is 137 cm³/mol. The SMILES string of the molecule is CCCCCCCCCC[n+]1ccc(-c2cc[n+](CCCCCCCCCC)cc2)cc1.